The van der Waals surface area contributed by atoms with Gasteiger partial charge in [-0.3, -0.25) is 14.6 Å². The molecule has 0 aliphatic carbocycles. The van der Waals surface area contributed by atoms with E-state index in [4.69, 9.17) is 5.11 Å². The highest BCUT2D eigenvalue weighted by atomic mass is 16.2. The van der Waals surface area contributed by atoms with Gasteiger partial charge in [0.25, 0.3) is 5.91 Å². The number of aromatic nitrogens is 1. The minimum Gasteiger partial charge on any atom is -0.384 e. The normalized spacial score (nSPS) is 9.21. The van der Waals surface area contributed by atoms with Gasteiger partial charge in [0.05, 0.1) is 12.1 Å². The van der Waals surface area contributed by atoms with Gasteiger partial charge in [-0.15, -0.1) is 0 Å². The Morgan fingerprint density at radius 3 is 2.84 bits per heavy atom. The summed E-state index contributed by atoms with van der Waals surface area (Å²) in [5, 5.41) is 11.0. The Morgan fingerprint density at radius 2 is 2.21 bits per heavy atom. The number of amides is 2. The van der Waals surface area contributed by atoms with Gasteiger partial charge in [0, 0.05) is 32.1 Å². The van der Waals surface area contributed by atoms with Crippen molar-refractivity contribution in [3.8, 4) is 11.8 Å². The van der Waals surface area contributed by atoms with E-state index in [9.17, 15) is 9.59 Å². The number of carbonyl (C=O) groups excluding carboxylic acids is 2. The molecule has 6 nitrogen and oxygen atoms in total. The molecule has 0 aliphatic heterocycles. The lowest BCUT2D eigenvalue weighted by molar-refractivity contribution is -0.121. The summed E-state index contributed by atoms with van der Waals surface area (Å²) >= 11 is 0. The Balaban J connectivity index is 2.84. The standard InChI is InChI=1S/C13H15N3O3/c1-14-12(18)9-16(2)13(19)11-6-10(4-3-5-17)7-15-8-11/h6-8,17H,5,9H2,1-2H3,(H,14,18). The first kappa shape index (κ1) is 14.7. The van der Waals surface area contributed by atoms with Crippen molar-refractivity contribution in [3.05, 3.63) is 29.6 Å². The minimum atomic E-state index is -0.316. The number of carbonyl (C=O) groups is 2. The van der Waals surface area contributed by atoms with Crippen molar-refractivity contribution < 1.29 is 14.7 Å². The van der Waals surface area contributed by atoms with Crippen LogP contribution in [0.3, 0.4) is 0 Å². The van der Waals surface area contributed by atoms with Gasteiger partial charge in [0.15, 0.2) is 0 Å². The molecule has 0 unspecified atom stereocenters. The van der Waals surface area contributed by atoms with Crippen LogP contribution in [0.2, 0.25) is 0 Å². The van der Waals surface area contributed by atoms with Gasteiger partial charge in [0.2, 0.25) is 5.91 Å². The highest BCUT2D eigenvalue weighted by Crippen LogP contribution is 2.04. The van der Waals surface area contributed by atoms with Crippen LogP contribution in [0.5, 0.6) is 0 Å². The topological polar surface area (TPSA) is 82.5 Å². The minimum absolute atomic E-state index is 0.0259. The Kier molecular flexibility index (Phi) is 5.51. The Bertz CT molecular complexity index is 531. The van der Waals surface area contributed by atoms with Gasteiger partial charge in [-0.05, 0) is 6.07 Å². The third-order valence-electron chi connectivity index (χ3n) is 2.30. The summed E-state index contributed by atoms with van der Waals surface area (Å²) in [7, 11) is 3.04. The molecule has 0 atom stereocenters. The molecule has 0 fully saturated rings. The average Bonchev–Trinajstić information content (AvgIpc) is 2.44. The fourth-order valence-corrected chi connectivity index (χ4v) is 1.35. The van der Waals surface area contributed by atoms with E-state index in [1.165, 1.54) is 31.4 Å². The molecule has 1 rings (SSSR count). The molecule has 0 saturated heterocycles. The lowest BCUT2D eigenvalue weighted by atomic mass is 10.2. The number of hydrogen-bond acceptors (Lipinski definition) is 4. The fraction of sp³-hybridized carbons (Fsp3) is 0.308. The van der Waals surface area contributed by atoms with Crippen LogP contribution in [0.4, 0.5) is 0 Å². The van der Waals surface area contributed by atoms with E-state index < -0.39 is 0 Å². The molecule has 19 heavy (non-hydrogen) atoms. The third-order valence-corrected chi connectivity index (χ3v) is 2.30. The summed E-state index contributed by atoms with van der Waals surface area (Å²) in [4.78, 5) is 28.4. The zero-order chi connectivity index (χ0) is 14.3. The van der Waals surface area contributed by atoms with Gasteiger partial charge in [-0.25, -0.2) is 0 Å². The highest BCUT2D eigenvalue weighted by Gasteiger charge is 2.14. The molecule has 1 heterocycles. The first-order chi connectivity index (χ1) is 9.08. The second kappa shape index (κ2) is 7.13. The van der Waals surface area contributed by atoms with Gasteiger partial charge >= 0.3 is 0 Å². The van der Waals surface area contributed by atoms with Crippen LogP contribution in [0, 0.1) is 11.8 Å². The first-order valence-corrected chi connectivity index (χ1v) is 5.59. The number of aliphatic hydroxyl groups is 1. The number of nitrogens with zero attached hydrogens (tertiary/aromatic N) is 2. The molecule has 1 aromatic heterocycles. The third kappa shape index (κ3) is 4.41. The van der Waals surface area contributed by atoms with Gasteiger partial charge < -0.3 is 15.3 Å². The lowest BCUT2D eigenvalue weighted by Gasteiger charge is -2.15. The summed E-state index contributed by atoms with van der Waals surface area (Å²) < 4.78 is 0. The molecule has 0 spiro atoms. The maximum atomic E-state index is 12.0. The fourth-order valence-electron chi connectivity index (χ4n) is 1.35. The number of hydrogen-bond donors (Lipinski definition) is 2. The molecular weight excluding hydrogens is 246 g/mol. The molecule has 0 saturated carbocycles. The highest BCUT2D eigenvalue weighted by molar-refractivity contribution is 5.96. The number of aliphatic hydroxyl groups excluding tert-OH is 1. The molecule has 1 aromatic rings. The van der Waals surface area contributed by atoms with E-state index in [-0.39, 0.29) is 25.0 Å². The van der Waals surface area contributed by atoms with Crippen LogP contribution in [-0.2, 0) is 4.79 Å². The molecule has 2 N–H and O–H groups in total. The van der Waals surface area contributed by atoms with Crippen LogP contribution in [0.1, 0.15) is 15.9 Å². The second-order valence-electron chi connectivity index (χ2n) is 3.76. The first-order valence-electron chi connectivity index (χ1n) is 5.59. The lowest BCUT2D eigenvalue weighted by Crippen LogP contribution is -2.36. The van der Waals surface area contributed by atoms with E-state index in [1.54, 1.807) is 6.07 Å². The number of pyridine rings is 1. The molecule has 2 amide bonds. The van der Waals surface area contributed by atoms with Crippen LogP contribution in [0.25, 0.3) is 0 Å². The van der Waals surface area contributed by atoms with E-state index in [0.717, 1.165) is 0 Å². The zero-order valence-corrected chi connectivity index (χ0v) is 10.8. The van der Waals surface area contributed by atoms with Crippen molar-refractivity contribution in [2.75, 3.05) is 27.2 Å². The monoisotopic (exact) mass is 261 g/mol. The van der Waals surface area contributed by atoms with E-state index in [1.807, 2.05) is 0 Å². The SMILES string of the molecule is CNC(=O)CN(C)C(=O)c1cncc(C#CCO)c1. The number of rotatable bonds is 3. The van der Waals surface area contributed by atoms with Gasteiger partial charge in [-0.1, -0.05) is 11.8 Å². The van der Waals surface area contributed by atoms with Crippen LogP contribution in [0.15, 0.2) is 18.5 Å². The summed E-state index contributed by atoms with van der Waals surface area (Å²) in [6.45, 7) is -0.281. The zero-order valence-electron chi connectivity index (χ0n) is 10.8. The van der Waals surface area contributed by atoms with Crippen LogP contribution in [-0.4, -0.2) is 54.1 Å². The summed E-state index contributed by atoms with van der Waals surface area (Å²) in [5.41, 5.74) is 0.879. The van der Waals surface area contributed by atoms with Crippen molar-refractivity contribution in [1.82, 2.24) is 15.2 Å². The Labute approximate surface area is 111 Å². The maximum absolute atomic E-state index is 12.0. The number of nitrogens with one attached hydrogen (secondary N) is 1. The molecule has 0 radical (unpaired) electrons. The second-order valence-corrected chi connectivity index (χ2v) is 3.76. The van der Waals surface area contributed by atoms with Crippen LogP contribution < -0.4 is 5.32 Å². The smallest absolute Gasteiger partial charge is 0.255 e. The summed E-state index contributed by atoms with van der Waals surface area (Å²) in [6, 6.07) is 1.57. The van der Waals surface area contributed by atoms with E-state index in [2.05, 4.69) is 22.1 Å². The van der Waals surface area contributed by atoms with Crippen molar-refractivity contribution in [3.63, 3.8) is 0 Å². The quantitative estimate of drug-likeness (QED) is 0.701. The predicted molar refractivity (Wildman–Crippen MR) is 69.2 cm³/mol. The molecule has 0 aromatic carbocycles. The molecule has 0 bridgehead atoms. The molecule has 100 valence electrons. The van der Waals surface area contributed by atoms with E-state index in [0.29, 0.717) is 11.1 Å². The molecule has 0 aliphatic rings. The Hall–Kier alpha value is -2.39. The maximum Gasteiger partial charge on any atom is 0.255 e. The molecule has 6 heteroatoms. The largest absolute Gasteiger partial charge is 0.384 e. The van der Waals surface area contributed by atoms with Gasteiger partial charge in [0.1, 0.15) is 6.61 Å². The Morgan fingerprint density at radius 1 is 1.47 bits per heavy atom. The van der Waals surface area contributed by atoms with Crippen molar-refractivity contribution >= 4 is 11.8 Å². The van der Waals surface area contributed by atoms with E-state index >= 15 is 0 Å². The van der Waals surface area contributed by atoms with Crippen molar-refractivity contribution in [2.24, 2.45) is 0 Å². The molecular formula is C13H15N3O3. The predicted octanol–water partition coefficient (Wildman–Crippen LogP) is -0.757. The summed E-state index contributed by atoms with van der Waals surface area (Å²) in [5.74, 6) is 4.58. The van der Waals surface area contributed by atoms with Crippen molar-refractivity contribution in [2.45, 2.75) is 0 Å². The van der Waals surface area contributed by atoms with Crippen molar-refractivity contribution in [1.29, 1.82) is 0 Å². The van der Waals surface area contributed by atoms with Gasteiger partial charge in [-0.2, -0.15) is 0 Å². The average molecular weight is 261 g/mol. The number of likely N-dealkylation sites (N-methyl/N-ethyl adjacent to an activating group) is 2. The van der Waals surface area contributed by atoms with Crippen LogP contribution >= 0.6 is 0 Å². The summed E-state index contributed by atoms with van der Waals surface area (Å²) in [6.07, 6.45) is 2.91.